The fraction of sp³-hybridized carbons (Fsp3) is 0.105. The van der Waals surface area contributed by atoms with Gasteiger partial charge in [-0.3, -0.25) is 0 Å². The van der Waals surface area contributed by atoms with Crippen LogP contribution in [0.15, 0.2) is 61.6 Å². The molecule has 3 heterocycles. The summed E-state index contributed by atoms with van der Waals surface area (Å²) in [5.74, 6) is 0. The van der Waals surface area contributed by atoms with Gasteiger partial charge in [0.15, 0.2) is 5.65 Å². The fourth-order valence-electron chi connectivity index (χ4n) is 2.80. The smallest absolute Gasteiger partial charge is 0.329 e. The number of alkyl halides is 3. The Morgan fingerprint density at radius 3 is 2.60 bits per heavy atom. The van der Waals surface area contributed by atoms with E-state index in [0.717, 1.165) is 11.1 Å². The number of amides is 2. The molecular weight excluding hydrogens is 399 g/mol. The van der Waals surface area contributed by atoms with Crippen LogP contribution in [0.3, 0.4) is 0 Å². The summed E-state index contributed by atoms with van der Waals surface area (Å²) in [5.41, 5.74) is 3.89. The average Bonchev–Trinajstić information content (AvgIpc) is 3.16. The maximum Gasteiger partial charge on any atom is 0.405 e. The zero-order valence-corrected chi connectivity index (χ0v) is 15.3. The van der Waals surface area contributed by atoms with Crippen LogP contribution in [-0.4, -0.2) is 43.3 Å². The molecule has 30 heavy (non-hydrogen) atoms. The number of carbonyl (C=O) groups is 1. The van der Waals surface area contributed by atoms with Crippen LogP contribution in [0.1, 0.15) is 0 Å². The molecule has 0 aliphatic carbocycles. The van der Waals surface area contributed by atoms with E-state index in [1.807, 2.05) is 0 Å². The van der Waals surface area contributed by atoms with Crippen LogP contribution in [0, 0.1) is 0 Å². The molecule has 0 unspecified atom stereocenters. The lowest BCUT2D eigenvalue weighted by Crippen LogP contribution is -2.36. The lowest BCUT2D eigenvalue weighted by Gasteiger charge is -2.10. The van der Waals surface area contributed by atoms with E-state index in [1.54, 1.807) is 65.1 Å². The highest BCUT2D eigenvalue weighted by Crippen LogP contribution is 2.27. The average molecular weight is 413 g/mol. The number of nitrogens with one attached hydrogen (secondary N) is 2. The zero-order valence-electron chi connectivity index (χ0n) is 15.3. The largest absolute Gasteiger partial charge is 0.405 e. The monoisotopic (exact) mass is 413 g/mol. The summed E-state index contributed by atoms with van der Waals surface area (Å²) < 4.78 is 38.3. The maximum atomic E-state index is 12.2. The van der Waals surface area contributed by atoms with Gasteiger partial charge in [0.2, 0.25) is 0 Å². The number of aromatic nitrogens is 5. The van der Waals surface area contributed by atoms with Crippen LogP contribution >= 0.6 is 0 Å². The van der Waals surface area contributed by atoms with Gasteiger partial charge in [0, 0.05) is 47.2 Å². The first-order valence-electron chi connectivity index (χ1n) is 8.70. The van der Waals surface area contributed by atoms with Crippen molar-refractivity contribution in [2.24, 2.45) is 0 Å². The number of halogens is 3. The van der Waals surface area contributed by atoms with Crippen molar-refractivity contribution in [2.45, 2.75) is 6.18 Å². The van der Waals surface area contributed by atoms with Crippen LogP contribution in [0.25, 0.3) is 27.9 Å². The highest BCUT2D eigenvalue weighted by atomic mass is 19.4. The van der Waals surface area contributed by atoms with Crippen molar-refractivity contribution in [3.63, 3.8) is 0 Å². The molecule has 0 aliphatic heterocycles. The van der Waals surface area contributed by atoms with Gasteiger partial charge in [0.05, 0.1) is 6.20 Å². The number of benzene rings is 1. The molecule has 4 rings (SSSR count). The van der Waals surface area contributed by atoms with Crippen molar-refractivity contribution < 1.29 is 18.0 Å². The number of urea groups is 1. The van der Waals surface area contributed by atoms with Crippen LogP contribution < -0.4 is 10.6 Å². The molecule has 0 atom stereocenters. The minimum absolute atomic E-state index is 0.338. The van der Waals surface area contributed by atoms with E-state index >= 15 is 0 Å². The molecule has 1 aromatic carbocycles. The molecule has 0 fully saturated rings. The molecule has 0 bridgehead atoms. The van der Waals surface area contributed by atoms with Crippen LogP contribution in [0.2, 0.25) is 0 Å². The first-order chi connectivity index (χ1) is 14.4. The number of nitrogens with zero attached hydrogens (tertiary/aromatic N) is 5. The fourth-order valence-corrected chi connectivity index (χ4v) is 2.80. The minimum atomic E-state index is -4.48. The third-order valence-corrected chi connectivity index (χ3v) is 4.13. The molecule has 152 valence electrons. The molecule has 0 spiro atoms. The van der Waals surface area contributed by atoms with Gasteiger partial charge < -0.3 is 10.6 Å². The predicted molar refractivity (Wildman–Crippen MR) is 103 cm³/mol. The molecule has 2 amide bonds. The highest BCUT2D eigenvalue weighted by Gasteiger charge is 2.27. The Kier molecular flexibility index (Phi) is 5.00. The van der Waals surface area contributed by atoms with Gasteiger partial charge in [-0.1, -0.05) is 12.1 Å². The normalized spacial score (nSPS) is 11.4. The Morgan fingerprint density at radius 2 is 1.83 bits per heavy atom. The summed E-state index contributed by atoms with van der Waals surface area (Å²) in [4.78, 5) is 24.1. The van der Waals surface area contributed by atoms with E-state index < -0.39 is 18.8 Å². The Hall–Kier alpha value is -4.02. The quantitative estimate of drug-likeness (QED) is 0.534. The Morgan fingerprint density at radius 1 is 1.03 bits per heavy atom. The lowest BCUT2D eigenvalue weighted by atomic mass is 10.1. The van der Waals surface area contributed by atoms with E-state index in [1.165, 1.54) is 6.33 Å². The Bertz CT molecular complexity index is 1190. The van der Waals surface area contributed by atoms with Gasteiger partial charge in [0.1, 0.15) is 12.9 Å². The number of carbonyl (C=O) groups excluding carboxylic acids is 1. The summed E-state index contributed by atoms with van der Waals surface area (Å²) >= 11 is 0. The van der Waals surface area contributed by atoms with Crippen LogP contribution in [0.5, 0.6) is 0 Å². The molecule has 11 heteroatoms. The third kappa shape index (κ3) is 4.35. The number of hydrogen-bond acceptors (Lipinski definition) is 5. The molecular formula is C19H14F3N7O. The van der Waals surface area contributed by atoms with Crippen LogP contribution in [0.4, 0.5) is 23.7 Å². The van der Waals surface area contributed by atoms with Crippen molar-refractivity contribution in [3.8, 4) is 22.3 Å². The second kappa shape index (κ2) is 7.78. The molecule has 3 aromatic heterocycles. The topological polar surface area (TPSA) is 97.1 Å². The number of hydrogen-bond donors (Lipinski definition) is 2. The summed E-state index contributed by atoms with van der Waals surface area (Å²) in [6.45, 7) is -1.41. The zero-order chi connectivity index (χ0) is 21.1. The maximum absolute atomic E-state index is 12.2. The second-order valence-electron chi connectivity index (χ2n) is 6.30. The summed E-state index contributed by atoms with van der Waals surface area (Å²) in [7, 11) is 0. The molecule has 0 radical (unpaired) electrons. The molecule has 4 aromatic rings. The van der Waals surface area contributed by atoms with E-state index in [4.69, 9.17) is 0 Å². The summed E-state index contributed by atoms with van der Waals surface area (Å²) in [5, 5.41) is 8.46. The second-order valence-corrected chi connectivity index (χ2v) is 6.30. The highest BCUT2D eigenvalue weighted by molar-refractivity contribution is 5.90. The Balaban J connectivity index is 1.57. The van der Waals surface area contributed by atoms with E-state index in [0.29, 0.717) is 22.5 Å². The van der Waals surface area contributed by atoms with Gasteiger partial charge in [-0.05, 0) is 17.7 Å². The van der Waals surface area contributed by atoms with Gasteiger partial charge in [-0.15, -0.1) is 0 Å². The predicted octanol–water partition coefficient (Wildman–Crippen LogP) is 3.54. The van der Waals surface area contributed by atoms with Crippen molar-refractivity contribution in [1.29, 1.82) is 0 Å². The van der Waals surface area contributed by atoms with Crippen LogP contribution in [-0.2, 0) is 0 Å². The first-order valence-corrected chi connectivity index (χ1v) is 8.70. The first kappa shape index (κ1) is 19.3. The number of anilines is 1. The van der Waals surface area contributed by atoms with Crippen molar-refractivity contribution in [3.05, 3.63) is 61.6 Å². The molecule has 0 saturated heterocycles. The SMILES string of the molecule is O=C(NCC(F)(F)F)Nc1cccc(-c2cnn3cc(-c4cncnc4)cnc23)c1. The van der Waals surface area contributed by atoms with E-state index in [9.17, 15) is 18.0 Å². The summed E-state index contributed by atoms with van der Waals surface area (Å²) in [6, 6.07) is 5.72. The number of fused-ring (bicyclic) bond motifs is 1. The van der Waals surface area contributed by atoms with Gasteiger partial charge >= 0.3 is 12.2 Å². The van der Waals surface area contributed by atoms with E-state index in [2.05, 4.69) is 25.4 Å². The van der Waals surface area contributed by atoms with Gasteiger partial charge in [-0.25, -0.2) is 24.3 Å². The molecule has 2 N–H and O–H groups in total. The molecule has 8 nitrogen and oxygen atoms in total. The van der Waals surface area contributed by atoms with Crippen molar-refractivity contribution in [1.82, 2.24) is 29.9 Å². The summed E-state index contributed by atoms with van der Waals surface area (Å²) in [6.07, 6.45) is 5.37. The molecule has 0 aliphatic rings. The lowest BCUT2D eigenvalue weighted by molar-refractivity contribution is -0.122. The van der Waals surface area contributed by atoms with Gasteiger partial charge in [0.25, 0.3) is 0 Å². The van der Waals surface area contributed by atoms with E-state index in [-0.39, 0.29) is 0 Å². The van der Waals surface area contributed by atoms with Crippen molar-refractivity contribution >= 4 is 17.4 Å². The number of rotatable bonds is 4. The standard InChI is InChI=1S/C19H14F3N7O/c20-19(21,22)10-26-18(30)28-15-3-1-2-12(4-15)16-8-27-29-9-14(7-25-17(16)29)13-5-23-11-24-6-13/h1-9,11H,10H2,(H2,26,28,30). The van der Waals surface area contributed by atoms with Gasteiger partial charge in [-0.2, -0.15) is 18.3 Å². The Labute approximate surface area is 167 Å². The van der Waals surface area contributed by atoms with Crippen molar-refractivity contribution in [2.75, 3.05) is 11.9 Å². The third-order valence-electron chi connectivity index (χ3n) is 4.13. The molecule has 0 saturated carbocycles. The minimum Gasteiger partial charge on any atom is -0.329 e.